The molecule has 4 nitrogen and oxygen atoms in total. The van der Waals surface area contributed by atoms with E-state index in [1.165, 1.54) is 6.33 Å². The Morgan fingerprint density at radius 3 is 2.59 bits per heavy atom. The highest BCUT2D eigenvalue weighted by atomic mass is 19.2. The molecule has 0 saturated carbocycles. The summed E-state index contributed by atoms with van der Waals surface area (Å²) in [5.41, 5.74) is 1.48. The molecule has 0 radical (unpaired) electrons. The van der Waals surface area contributed by atoms with Crippen molar-refractivity contribution in [2.45, 2.75) is 6.54 Å². The number of hydrogen-bond acceptors (Lipinski definition) is 3. The van der Waals surface area contributed by atoms with Crippen molar-refractivity contribution in [2.24, 2.45) is 0 Å². The minimum absolute atomic E-state index is 0.344. The van der Waals surface area contributed by atoms with Gasteiger partial charge in [0.25, 0.3) is 0 Å². The molecule has 0 aliphatic heterocycles. The Hall–Kier alpha value is -2.94. The van der Waals surface area contributed by atoms with Gasteiger partial charge in [0.2, 0.25) is 0 Å². The number of benzene rings is 2. The van der Waals surface area contributed by atoms with Gasteiger partial charge in [-0.05, 0) is 24.3 Å². The lowest BCUT2D eigenvalue weighted by molar-refractivity contribution is 0.300. The average Bonchev–Trinajstić information content (AvgIpc) is 2.91. The van der Waals surface area contributed by atoms with E-state index in [4.69, 9.17) is 10.00 Å². The largest absolute Gasteiger partial charge is 0.492 e. The van der Waals surface area contributed by atoms with Crippen molar-refractivity contribution < 1.29 is 13.5 Å². The second kappa shape index (κ2) is 5.82. The van der Waals surface area contributed by atoms with E-state index in [0.717, 1.165) is 12.1 Å². The third-order valence-corrected chi connectivity index (χ3v) is 3.25. The van der Waals surface area contributed by atoms with Crippen molar-refractivity contribution in [1.29, 1.82) is 5.26 Å². The predicted octanol–water partition coefficient (Wildman–Crippen LogP) is 3.27. The van der Waals surface area contributed by atoms with E-state index in [-0.39, 0.29) is 0 Å². The summed E-state index contributed by atoms with van der Waals surface area (Å²) in [7, 11) is 0. The minimum Gasteiger partial charge on any atom is -0.492 e. The molecule has 0 amide bonds. The van der Waals surface area contributed by atoms with E-state index < -0.39 is 11.6 Å². The number of rotatable bonds is 4. The van der Waals surface area contributed by atoms with E-state index in [0.29, 0.717) is 35.5 Å². The highest BCUT2D eigenvalue weighted by Crippen LogP contribution is 2.18. The Morgan fingerprint density at radius 2 is 1.86 bits per heavy atom. The van der Waals surface area contributed by atoms with Crippen LogP contribution in [0.4, 0.5) is 8.78 Å². The molecule has 3 rings (SSSR count). The van der Waals surface area contributed by atoms with Crippen LogP contribution < -0.4 is 4.74 Å². The summed E-state index contributed by atoms with van der Waals surface area (Å²) in [6.07, 6.45) is 1.52. The van der Waals surface area contributed by atoms with Gasteiger partial charge in [0.05, 0.1) is 35.5 Å². The van der Waals surface area contributed by atoms with Crippen molar-refractivity contribution >= 4 is 11.0 Å². The van der Waals surface area contributed by atoms with E-state index in [1.807, 2.05) is 6.07 Å². The molecular weight excluding hydrogens is 288 g/mol. The molecule has 0 N–H and O–H groups in total. The van der Waals surface area contributed by atoms with Crippen LogP contribution >= 0.6 is 0 Å². The quantitative estimate of drug-likeness (QED) is 0.743. The van der Waals surface area contributed by atoms with Gasteiger partial charge >= 0.3 is 0 Å². The fraction of sp³-hybridized carbons (Fsp3) is 0.125. The highest BCUT2D eigenvalue weighted by Gasteiger charge is 2.09. The van der Waals surface area contributed by atoms with E-state index in [2.05, 4.69) is 4.98 Å². The molecule has 3 aromatic rings. The zero-order valence-electron chi connectivity index (χ0n) is 11.5. The molecular formula is C16H11F2N3O. The van der Waals surface area contributed by atoms with Crippen molar-refractivity contribution in [3.63, 3.8) is 0 Å². The van der Waals surface area contributed by atoms with Crippen molar-refractivity contribution in [3.8, 4) is 11.8 Å². The number of halogens is 2. The Morgan fingerprint density at radius 1 is 1.14 bits per heavy atom. The minimum atomic E-state index is -0.911. The lowest BCUT2D eigenvalue weighted by Gasteiger charge is -2.07. The number of imidazole rings is 1. The Balaban J connectivity index is 1.69. The Labute approximate surface area is 125 Å². The predicted molar refractivity (Wildman–Crippen MR) is 76.3 cm³/mol. The molecule has 0 atom stereocenters. The Bertz CT molecular complexity index is 850. The van der Waals surface area contributed by atoms with Crippen LogP contribution in [-0.2, 0) is 6.54 Å². The van der Waals surface area contributed by atoms with Crippen LogP contribution in [0.15, 0.2) is 42.7 Å². The van der Waals surface area contributed by atoms with Crippen LogP contribution in [0.2, 0.25) is 0 Å². The maximum absolute atomic E-state index is 13.3. The zero-order valence-corrected chi connectivity index (χ0v) is 11.5. The topological polar surface area (TPSA) is 50.8 Å². The SMILES string of the molecule is N#Cc1ccc(OCCn2cnc3cc(F)c(F)cc32)cc1. The van der Waals surface area contributed by atoms with Gasteiger partial charge in [-0.3, -0.25) is 0 Å². The van der Waals surface area contributed by atoms with E-state index >= 15 is 0 Å². The first-order valence-corrected chi connectivity index (χ1v) is 6.60. The van der Waals surface area contributed by atoms with Crippen molar-refractivity contribution in [1.82, 2.24) is 9.55 Å². The first-order chi connectivity index (χ1) is 10.7. The van der Waals surface area contributed by atoms with E-state index in [1.54, 1.807) is 28.8 Å². The van der Waals surface area contributed by atoms with Gasteiger partial charge < -0.3 is 9.30 Å². The van der Waals surface area contributed by atoms with Gasteiger partial charge in [0, 0.05) is 12.1 Å². The van der Waals surface area contributed by atoms with Gasteiger partial charge in [-0.25, -0.2) is 13.8 Å². The maximum Gasteiger partial charge on any atom is 0.161 e. The molecule has 0 fully saturated rings. The number of fused-ring (bicyclic) bond motifs is 1. The summed E-state index contributed by atoms with van der Waals surface area (Å²) in [5.74, 6) is -1.17. The number of hydrogen-bond donors (Lipinski definition) is 0. The molecule has 6 heteroatoms. The fourth-order valence-corrected chi connectivity index (χ4v) is 2.12. The monoisotopic (exact) mass is 299 g/mol. The fourth-order valence-electron chi connectivity index (χ4n) is 2.12. The molecule has 22 heavy (non-hydrogen) atoms. The molecule has 110 valence electrons. The first-order valence-electron chi connectivity index (χ1n) is 6.60. The molecule has 0 unspecified atom stereocenters. The van der Waals surface area contributed by atoms with Crippen LogP contribution in [0, 0.1) is 23.0 Å². The molecule has 0 bridgehead atoms. The molecule has 0 saturated heterocycles. The van der Waals surface area contributed by atoms with Crippen LogP contribution in [-0.4, -0.2) is 16.2 Å². The molecule has 2 aromatic carbocycles. The van der Waals surface area contributed by atoms with Crippen LogP contribution in [0.5, 0.6) is 5.75 Å². The van der Waals surface area contributed by atoms with Gasteiger partial charge in [0.15, 0.2) is 11.6 Å². The van der Waals surface area contributed by atoms with Crippen LogP contribution in [0.1, 0.15) is 5.56 Å². The molecule has 1 heterocycles. The lowest BCUT2D eigenvalue weighted by Crippen LogP contribution is -2.07. The number of aromatic nitrogens is 2. The second-order valence-electron chi connectivity index (χ2n) is 4.68. The summed E-state index contributed by atoms with van der Waals surface area (Å²) >= 11 is 0. The molecule has 0 aliphatic carbocycles. The van der Waals surface area contributed by atoms with Crippen molar-refractivity contribution in [3.05, 3.63) is 59.9 Å². The van der Waals surface area contributed by atoms with Crippen LogP contribution in [0.3, 0.4) is 0 Å². The zero-order chi connectivity index (χ0) is 15.5. The molecule has 1 aromatic heterocycles. The first kappa shape index (κ1) is 14.0. The number of ether oxygens (including phenoxy) is 1. The number of nitriles is 1. The summed E-state index contributed by atoms with van der Waals surface area (Å²) in [6.45, 7) is 0.790. The van der Waals surface area contributed by atoms with Gasteiger partial charge in [-0.1, -0.05) is 0 Å². The normalized spacial score (nSPS) is 10.6. The van der Waals surface area contributed by atoms with Gasteiger partial charge in [0.1, 0.15) is 12.4 Å². The van der Waals surface area contributed by atoms with Crippen molar-refractivity contribution in [2.75, 3.05) is 6.61 Å². The van der Waals surface area contributed by atoms with Gasteiger partial charge in [-0.15, -0.1) is 0 Å². The molecule has 0 aliphatic rings. The lowest BCUT2D eigenvalue weighted by atomic mass is 10.2. The summed E-state index contributed by atoms with van der Waals surface area (Å²) < 4.78 is 33.7. The van der Waals surface area contributed by atoms with Gasteiger partial charge in [-0.2, -0.15) is 5.26 Å². The second-order valence-corrected chi connectivity index (χ2v) is 4.68. The average molecular weight is 299 g/mol. The molecule has 0 spiro atoms. The summed E-state index contributed by atoms with van der Waals surface area (Å²) in [4.78, 5) is 4.03. The summed E-state index contributed by atoms with van der Waals surface area (Å²) in [5, 5.41) is 8.71. The Kier molecular flexibility index (Phi) is 3.71. The van der Waals surface area contributed by atoms with Crippen LogP contribution in [0.25, 0.3) is 11.0 Å². The standard InChI is InChI=1S/C16H11F2N3O/c17-13-7-15-16(8-14(13)18)21(10-20-15)5-6-22-12-3-1-11(9-19)2-4-12/h1-4,7-8,10H,5-6H2. The third-order valence-electron chi connectivity index (χ3n) is 3.25. The maximum atomic E-state index is 13.3. The highest BCUT2D eigenvalue weighted by molar-refractivity contribution is 5.75. The number of nitrogens with zero attached hydrogens (tertiary/aromatic N) is 3. The van der Waals surface area contributed by atoms with E-state index in [9.17, 15) is 8.78 Å². The third kappa shape index (κ3) is 2.74. The summed E-state index contributed by atoms with van der Waals surface area (Å²) in [6, 6.07) is 11.0. The smallest absolute Gasteiger partial charge is 0.161 e.